The Balaban J connectivity index is 1.64. The van der Waals surface area contributed by atoms with Gasteiger partial charge in [0.25, 0.3) is 0 Å². The highest BCUT2D eigenvalue weighted by molar-refractivity contribution is 5.72. The number of hydrogen-bond acceptors (Lipinski definition) is 4. The van der Waals surface area contributed by atoms with Gasteiger partial charge in [0.1, 0.15) is 23.8 Å². The maximum atomic E-state index is 13.6. The van der Waals surface area contributed by atoms with Crippen molar-refractivity contribution in [2.45, 2.75) is 44.8 Å². The van der Waals surface area contributed by atoms with Crippen LogP contribution in [-0.4, -0.2) is 18.7 Å². The summed E-state index contributed by atoms with van der Waals surface area (Å²) in [5, 5.41) is 0. The van der Waals surface area contributed by atoms with E-state index in [4.69, 9.17) is 14.2 Å². The number of esters is 1. The zero-order valence-corrected chi connectivity index (χ0v) is 15.9. The van der Waals surface area contributed by atoms with E-state index in [0.717, 1.165) is 11.6 Å². The molecule has 2 aromatic carbocycles. The molecule has 0 radical (unpaired) electrons. The van der Waals surface area contributed by atoms with E-state index >= 15 is 0 Å². The zero-order valence-electron chi connectivity index (χ0n) is 15.9. The molecule has 4 nitrogen and oxygen atoms in total. The van der Waals surface area contributed by atoms with Crippen LogP contribution in [0.5, 0.6) is 5.75 Å². The fourth-order valence-corrected chi connectivity index (χ4v) is 3.18. The predicted octanol–water partition coefficient (Wildman–Crippen LogP) is 4.99. The van der Waals surface area contributed by atoms with E-state index in [-0.39, 0.29) is 30.7 Å². The van der Waals surface area contributed by atoms with Gasteiger partial charge in [0.2, 0.25) is 0 Å². The summed E-state index contributed by atoms with van der Waals surface area (Å²) < 4.78 is 67.6. The highest BCUT2D eigenvalue weighted by Gasteiger charge is 2.56. The summed E-state index contributed by atoms with van der Waals surface area (Å²) in [4.78, 5) is 11.8. The van der Waals surface area contributed by atoms with Gasteiger partial charge < -0.3 is 14.2 Å². The molecule has 0 amide bonds. The summed E-state index contributed by atoms with van der Waals surface area (Å²) in [6.45, 7) is 3.80. The third-order valence-corrected chi connectivity index (χ3v) is 4.79. The van der Waals surface area contributed by atoms with Gasteiger partial charge in [-0.05, 0) is 49.2 Å². The second-order valence-corrected chi connectivity index (χ2v) is 6.76. The fourth-order valence-electron chi connectivity index (χ4n) is 3.18. The lowest BCUT2D eigenvalue weighted by Gasteiger charge is -2.14. The first-order valence-corrected chi connectivity index (χ1v) is 9.08. The van der Waals surface area contributed by atoms with Crippen LogP contribution in [0.1, 0.15) is 37.0 Å². The molecule has 1 fully saturated rings. The molecule has 0 aromatic heterocycles. The molecule has 0 aliphatic carbocycles. The summed E-state index contributed by atoms with van der Waals surface area (Å²) in [5.41, 5.74) is -0.957. The summed E-state index contributed by atoms with van der Waals surface area (Å²) in [7, 11) is 0. The van der Waals surface area contributed by atoms with Crippen LogP contribution in [0.4, 0.5) is 17.6 Å². The van der Waals surface area contributed by atoms with Crippen molar-refractivity contribution in [1.82, 2.24) is 0 Å². The number of halogens is 4. The van der Waals surface area contributed by atoms with Crippen LogP contribution in [0.3, 0.4) is 0 Å². The first-order valence-electron chi connectivity index (χ1n) is 9.08. The lowest BCUT2D eigenvalue weighted by molar-refractivity contribution is -0.144. The van der Waals surface area contributed by atoms with Crippen molar-refractivity contribution in [3.05, 3.63) is 65.0 Å². The Labute approximate surface area is 165 Å². The predicted molar refractivity (Wildman–Crippen MR) is 95.7 cm³/mol. The Morgan fingerprint density at radius 2 is 1.83 bits per heavy atom. The van der Waals surface area contributed by atoms with Gasteiger partial charge in [-0.2, -0.15) is 13.2 Å². The largest absolute Gasteiger partial charge is 0.489 e. The monoisotopic (exact) mass is 412 g/mol. The van der Waals surface area contributed by atoms with E-state index in [1.807, 2.05) is 6.92 Å². The van der Waals surface area contributed by atoms with Crippen LogP contribution in [0, 0.1) is 5.82 Å². The molecule has 1 aliphatic heterocycles. The molecule has 3 rings (SSSR count). The number of carbonyl (C=O) groups excluding carboxylic acids is 1. The lowest BCUT2D eigenvalue weighted by Crippen LogP contribution is -2.19. The molecule has 1 heterocycles. The van der Waals surface area contributed by atoms with Gasteiger partial charge in [0, 0.05) is 0 Å². The second kappa shape index (κ2) is 8.02. The number of alkyl halides is 3. The van der Waals surface area contributed by atoms with E-state index in [0.29, 0.717) is 18.4 Å². The average Bonchev–Trinajstić information content (AvgIpc) is 3.29. The minimum absolute atomic E-state index is 0.0880. The van der Waals surface area contributed by atoms with Crippen LogP contribution in [0.15, 0.2) is 42.5 Å². The molecule has 0 spiro atoms. The Morgan fingerprint density at radius 3 is 2.34 bits per heavy atom. The van der Waals surface area contributed by atoms with Gasteiger partial charge in [0.15, 0.2) is 0 Å². The molecule has 0 N–H and O–H groups in total. The third-order valence-electron chi connectivity index (χ3n) is 4.79. The first-order chi connectivity index (χ1) is 13.7. The average molecular weight is 412 g/mol. The Kier molecular flexibility index (Phi) is 5.84. The topological polar surface area (TPSA) is 48.1 Å². The summed E-state index contributed by atoms with van der Waals surface area (Å²) in [6, 6.07) is 9.52. The maximum Gasteiger partial charge on any atom is 0.419 e. The molecule has 156 valence electrons. The van der Waals surface area contributed by atoms with E-state index in [2.05, 4.69) is 0 Å². The molecular weight excluding hydrogens is 392 g/mol. The van der Waals surface area contributed by atoms with Crippen molar-refractivity contribution in [2.75, 3.05) is 6.61 Å². The number of rotatable bonds is 7. The SMILES string of the molecule is CCOC(=O)CC1(c2ccc(OCc3ccc(C(F)(F)F)c(F)c3)cc2)OC1C. The smallest absolute Gasteiger partial charge is 0.419 e. The fraction of sp³-hybridized carbons (Fsp3) is 0.381. The zero-order chi connectivity index (χ0) is 21.2. The van der Waals surface area contributed by atoms with Crippen molar-refractivity contribution in [3.63, 3.8) is 0 Å². The Hall–Kier alpha value is -2.61. The van der Waals surface area contributed by atoms with Gasteiger partial charge in [0.05, 0.1) is 24.7 Å². The number of epoxide rings is 1. The second-order valence-electron chi connectivity index (χ2n) is 6.76. The van der Waals surface area contributed by atoms with E-state index in [9.17, 15) is 22.4 Å². The van der Waals surface area contributed by atoms with E-state index in [1.165, 1.54) is 6.07 Å². The van der Waals surface area contributed by atoms with Gasteiger partial charge in [-0.25, -0.2) is 4.39 Å². The normalized spacial score (nSPS) is 21.0. The summed E-state index contributed by atoms with van der Waals surface area (Å²) in [6.07, 6.45) is -4.76. The number of ether oxygens (including phenoxy) is 3. The van der Waals surface area contributed by atoms with Gasteiger partial charge >= 0.3 is 12.1 Å². The Morgan fingerprint density at radius 1 is 1.17 bits per heavy atom. The minimum atomic E-state index is -4.74. The molecule has 1 saturated heterocycles. The van der Waals surface area contributed by atoms with Crippen LogP contribution >= 0.6 is 0 Å². The van der Waals surface area contributed by atoms with Crippen LogP contribution < -0.4 is 4.74 Å². The molecule has 2 aromatic rings. The van der Waals surface area contributed by atoms with Gasteiger partial charge in [-0.15, -0.1) is 0 Å². The Bertz CT molecular complexity index is 879. The number of benzene rings is 2. The molecule has 2 unspecified atom stereocenters. The van der Waals surface area contributed by atoms with Crippen LogP contribution in [-0.2, 0) is 32.7 Å². The van der Waals surface area contributed by atoms with Gasteiger partial charge in [-0.1, -0.05) is 18.2 Å². The molecular formula is C21H20F4O4. The number of hydrogen-bond donors (Lipinski definition) is 0. The van der Waals surface area contributed by atoms with E-state index in [1.54, 1.807) is 31.2 Å². The van der Waals surface area contributed by atoms with E-state index < -0.39 is 23.2 Å². The minimum Gasteiger partial charge on any atom is -0.489 e. The molecule has 0 bridgehead atoms. The highest BCUT2D eigenvalue weighted by Crippen LogP contribution is 2.49. The van der Waals surface area contributed by atoms with Crippen molar-refractivity contribution >= 4 is 5.97 Å². The van der Waals surface area contributed by atoms with Crippen molar-refractivity contribution in [2.24, 2.45) is 0 Å². The quantitative estimate of drug-likeness (QED) is 0.365. The van der Waals surface area contributed by atoms with Crippen LogP contribution in [0.2, 0.25) is 0 Å². The summed E-state index contributed by atoms with van der Waals surface area (Å²) in [5.74, 6) is -1.23. The first kappa shape index (κ1) is 21.1. The molecule has 1 aliphatic rings. The standard InChI is InChI=1S/C21H20F4O4/c1-3-27-19(26)11-20(13(2)29-20)15-5-7-16(8-6-15)28-12-14-4-9-17(18(22)10-14)21(23,24)25/h4-10,13H,3,11-12H2,1-2H3. The molecule has 29 heavy (non-hydrogen) atoms. The van der Waals surface area contributed by atoms with Gasteiger partial charge in [-0.3, -0.25) is 4.79 Å². The van der Waals surface area contributed by atoms with Crippen LogP contribution in [0.25, 0.3) is 0 Å². The molecule has 0 saturated carbocycles. The van der Waals surface area contributed by atoms with Crippen molar-refractivity contribution in [3.8, 4) is 5.75 Å². The lowest BCUT2D eigenvalue weighted by atomic mass is 9.92. The molecule has 2 atom stereocenters. The summed E-state index contributed by atoms with van der Waals surface area (Å²) >= 11 is 0. The highest BCUT2D eigenvalue weighted by atomic mass is 19.4. The number of carbonyl (C=O) groups is 1. The molecule has 8 heteroatoms. The third kappa shape index (κ3) is 4.70. The van der Waals surface area contributed by atoms with Crippen molar-refractivity contribution in [1.29, 1.82) is 0 Å². The maximum absolute atomic E-state index is 13.6. The van der Waals surface area contributed by atoms with Crippen molar-refractivity contribution < 1.29 is 36.6 Å².